The number of aliphatic hydroxyl groups is 1. The monoisotopic (exact) mass is 402 g/mol. The van der Waals surface area contributed by atoms with E-state index in [9.17, 15) is 9.90 Å². The van der Waals surface area contributed by atoms with E-state index < -0.39 is 6.10 Å². The van der Waals surface area contributed by atoms with Crippen molar-refractivity contribution in [2.75, 3.05) is 13.6 Å². The van der Waals surface area contributed by atoms with Gasteiger partial charge in [-0.05, 0) is 55.8 Å². The number of carbonyl (C=O) groups is 1. The van der Waals surface area contributed by atoms with Gasteiger partial charge in [-0.15, -0.1) is 0 Å². The summed E-state index contributed by atoms with van der Waals surface area (Å²) in [5.41, 5.74) is 7.63. The number of esters is 1. The maximum Gasteiger partial charge on any atom is 0.338 e. The Bertz CT molecular complexity index is 1080. The molecule has 1 N–H and O–H groups in total. The first-order chi connectivity index (χ1) is 14.4. The summed E-state index contributed by atoms with van der Waals surface area (Å²) in [4.78, 5) is 18.4. The topological polar surface area (TPSA) is 62.7 Å². The Kier molecular flexibility index (Phi) is 5.66. The second-order valence-corrected chi connectivity index (χ2v) is 8.02. The van der Waals surface area contributed by atoms with E-state index in [0.717, 1.165) is 33.5 Å². The molecule has 0 saturated heterocycles. The van der Waals surface area contributed by atoms with Crippen molar-refractivity contribution in [3.05, 3.63) is 88.1 Å². The summed E-state index contributed by atoms with van der Waals surface area (Å²) in [7, 11) is 1.98. The van der Waals surface area contributed by atoms with Gasteiger partial charge in [0.1, 0.15) is 6.61 Å². The van der Waals surface area contributed by atoms with Crippen LogP contribution in [0.5, 0.6) is 0 Å². The molecule has 0 radical (unpaired) electrons. The van der Waals surface area contributed by atoms with Crippen LogP contribution in [0.25, 0.3) is 11.3 Å². The molecule has 1 aromatic heterocycles. The third-order valence-corrected chi connectivity index (χ3v) is 5.64. The van der Waals surface area contributed by atoms with Gasteiger partial charge in [0.15, 0.2) is 0 Å². The second kappa shape index (κ2) is 8.38. The fourth-order valence-corrected chi connectivity index (χ4v) is 3.99. The van der Waals surface area contributed by atoms with E-state index in [1.165, 1.54) is 5.56 Å². The Labute approximate surface area is 177 Å². The van der Waals surface area contributed by atoms with E-state index in [4.69, 9.17) is 4.74 Å². The van der Waals surface area contributed by atoms with Gasteiger partial charge in [0.05, 0.1) is 17.4 Å². The largest absolute Gasteiger partial charge is 0.457 e. The van der Waals surface area contributed by atoms with Crippen molar-refractivity contribution in [3.8, 4) is 11.3 Å². The average molecular weight is 402 g/mol. The lowest BCUT2D eigenvalue weighted by Crippen LogP contribution is -2.25. The number of likely N-dealkylation sites (N-methyl/N-ethyl adjacent to an activating group) is 1. The van der Waals surface area contributed by atoms with Crippen molar-refractivity contribution in [1.82, 2.24) is 9.88 Å². The molecule has 3 aromatic rings. The van der Waals surface area contributed by atoms with Gasteiger partial charge >= 0.3 is 5.97 Å². The molecule has 2 heterocycles. The first-order valence-corrected chi connectivity index (χ1v) is 10.1. The molecule has 5 nitrogen and oxygen atoms in total. The number of fused-ring (bicyclic) bond motifs is 1. The van der Waals surface area contributed by atoms with Crippen molar-refractivity contribution >= 4 is 5.97 Å². The number of ether oxygens (including phenoxy) is 1. The molecule has 1 aliphatic heterocycles. The molecular formula is C25H26N2O3. The smallest absolute Gasteiger partial charge is 0.338 e. The minimum Gasteiger partial charge on any atom is -0.457 e. The lowest BCUT2D eigenvalue weighted by atomic mass is 9.95. The van der Waals surface area contributed by atoms with Crippen LogP contribution in [-0.4, -0.2) is 34.6 Å². The standard InChI is InChI=1S/C25H26N2O3/c1-16-5-4-6-19(11-16)23-10-7-18(12-26-23)13-27(3)14-24(28)20-8-9-21-22(17(20)2)15-30-25(21)29/h4-12,24,28H,13-15H2,1-3H3. The zero-order valence-corrected chi connectivity index (χ0v) is 17.6. The molecule has 1 aliphatic rings. The molecule has 1 atom stereocenters. The SMILES string of the molecule is Cc1cccc(-c2ccc(CN(C)CC(O)c3ccc4c(c3C)COC4=O)cn2)c1. The number of aromatic nitrogens is 1. The number of cyclic esters (lactones) is 1. The average Bonchev–Trinajstić information content (AvgIpc) is 3.10. The Balaban J connectivity index is 1.41. The first kappa shape index (κ1) is 20.3. The van der Waals surface area contributed by atoms with Crippen LogP contribution in [0, 0.1) is 13.8 Å². The number of benzene rings is 2. The minimum atomic E-state index is -0.643. The van der Waals surface area contributed by atoms with Gasteiger partial charge in [0, 0.05) is 30.4 Å². The van der Waals surface area contributed by atoms with Crippen LogP contribution in [0.15, 0.2) is 54.7 Å². The van der Waals surface area contributed by atoms with Gasteiger partial charge in [-0.3, -0.25) is 9.88 Å². The van der Waals surface area contributed by atoms with Crippen LogP contribution >= 0.6 is 0 Å². The third-order valence-electron chi connectivity index (χ3n) is 5.64. The quantitative estimate of drug-likeness (QED) is 0.626. The summed E-state index contributed by atoms with van der Waals surface area (Å²) < 4.78 is 5.11. The Morgan fingerprint density at radius 2 is 2.00 bits per heavy atom. The molecule has 0 bridgehead atoms. The molecule has 0 aliphatic carbocycles. The van der Waals surface area contributed by atoms with Gasteiger partial charge in [0.2, 0.25) is 0 Å². The molecule has 0 amide bonds. The van der Waals surface area contributed by atoms with E-state index in [-0.39, 0.29) is 12.6 Å². The lowest BCUT2D eigenvalue weighted by molar-refractivity contribution is 0.0535. The number of pyridine rings is 1. The maximum atomic E-state index is 11.7. The molecule has 4 rings (SSSR count). The highest BCUT2D eigenvalue weighted by atomic mass is 16.5. The predicted octanol–water partition coefficient (Wildman–Crippen LogP) is 4.20. The van der Waals surface area contributed by atoms with E-state index in [1.54, 1.807) is 6.07 Å². The van der Waals surface area contributed by atoms with Gasteiger partial charge < -0.3 is 9.84 Å². The van der Waals surface area contributed by atoms with Crippen molar-refractivity contribution in [1.29, 1.82) is 0 Å². The van der Waals surface area contributed by atoms with Gasteiger partial charge in [-0.2, -0.15) is 0 Å². The van der Waals surface area contributed by atoms with Crippen molar-refractivity contribution < 1.29 is 14.6 Å². The number of hydrogen-bond donors (Lipinski definition) is 1. The van der Waals surface area contributed by atoms with Crippen LogP contribution in [0.4, 0.5) is 0 Å². The van der Waals surface area contributed by atoms with Crippen molar-refractivity contribution in [2.45, 2.75) is 33.1 Å². The molecule has 154 valence electrons. The summed E-state index contributed by atoms with van der Waals surface area (Å²) in [6, 6.07) is 16.0. The zero-order chi connectivity index (χ0) is 21.3. The van der Waals surface area contributed by atoms with Crippen LogP contribution < -0.4 is 0 Å². The fourth-order valence-electron chi connectivity index (χ4n) is 3.99. The lowest BCUT2D eigenvalue weighted by Gasteiger charge is -2.22. The maximum absolute atomic E-state index is 11.7. The van der Waals surface area contributed by atoms with Crippen LogP contribution in [0.2, 0.25) is 0 Å². The van der Waals surface area contributed by atoms with Crippen molar-refractivity contribution in [3.63, 3.8) is 0 Å². The molecular weight excluding hydrogens is 376 g/mol. The van der Waals surface area contributed by atoms with E-state index in [2.05, 4.69) is 41.1 Å². The Morgan fingerprint density at radius 1 is 1.17 bits per heavy atom. The predicted molar refractivity (Wildman–Crippen MR) is 116 cm³/mol. The number of nitrogens with zero attached hydrogens (tertiary/aromatic N) is 2. The highest BCUT2D eigenvalue weighted by Gasteiger charge is 2.25. The molecule has 5 heteroatoms. The molecule has 2 aromatic carbocycles. The molecule has 30 heavy (non-hydrogen) atoms. The van der Waals surface area contributed by atoms with Crippen LogP contribution in [0.1, 0.15) is 44.3 Å². The minimum absolute atomic E-state index is 0.284. The molecule has 0 saturated carbocycles. The molecule has 0 spiro atoms. The number of hydrogen-bond acceptors (Lipinski definition) is 5. The highest BCUT2D eigenvalue weighted by Crippen LogP contribution is 2.29. The highest BCUT2D eigenvalue weighted by molar-refractivity contribution is 5.93. The fraction of sp³-hybridized carbons (Fsp3) is 0.280. The summed E-state index contributed by atoms with van der Waals surface area (Å²) in [5, 5.41) is 10.8. The summed E-state index contributed by atoms with van der Waals surface area (Å²) in [6.45, 7) is 5.46. The van der Waals surface area contributed by atoms with Crippen LogP contribution in [0.3, 0.4) is 0 Å². The number of carbonyl (C=O) groups excluding carboxylic acids is 1. The van der Waals surface area contributed by atoms with Crippen LogP contribution in [-0.2, 0) is 17.9 Å². The Morgan fingerprint density at radius 3 is 2.73 bits per heavy atom. The second-order valence-electron chi connectivity index (χ2n) is 8.02. The van der Waals surface area contributed by atoms with E-state index in [1.807, 2.05) is 38.4 Å². The summed E-state index contributed by atoms with van der Waals surface area (Å²) in [6.07, 6.45) is 1.25. The Hall–Kier alpha value is -3.02. The zero-order valence-electron chi connectivity index (χ0n) is 17.6. The van der Waals surface area contributed by atoms with Gasteiger partial charge in [-0.1, -0.05) is 35.9 Å². The number of aryl methyl sites for hydroxylation is 1. The number of rotatable bonds is 6. The van der Waals surface area contributed by atoms with Crippen molar-refractivity contribution in [2.24, 2.45) is 0 Å². The van der Waals surface area contributed by atoms with E-state index in [0.29, 0.717) is 18.7 Å². The summed E-state index contributed by atoms with van der Waals surface area (Å²) in [5.74, 6) is -0.284. The molecule has 0 fully saturated rings. The molecule has 1 unspecified atom stereocenters. The number of aliphatic hydroxyl groups excluding tert-OH is 1. The van der Waals surface area contributed by atoms with E-state index >= 15 is 0 Å². The normalized spacial score (nSPS) is 14.0. The summed E-state index contributed by atoms with van der Waals surface area (Å²) >= 11 is 0. The third kappa shape index (κ3) is 4.13. The van der Waals surface area contributed by atoms with Gasteiger partial charge in [0.25, 0.3) is 0 Å². The van der Waals surface area contributed by atoms with Gasteiger partial charge in [-0.25, -0.2) is 4.79 Å². The first-order valence-electron chi connectivity index (χ1n) is 10.1.